The van der Waals surface area contributed by atoms with Crippen LogP contribution in [0.4, 0.5) is 0 Å². The predicted octanol–water partition coefficient (Wildman–Crippen LogP) is 8.23. The average Bonchev–Trinajstić information content (AvgIpc) is 3.14. The van der Waals surface area contributed by atoms with Gasteiger partial charge in [0.15, 0.2) is 0 Å². The largest absolute Gasteiger partial charge is 0.494 e. The number of fused-ring (bicyclic) bond motifs is 6. The van der Waals surface area contributed by atoms with Crippen molar-refractivity contribution in [2.45, 2.75) is 65.2 Å². The van der Waals surface area contributed by atoms with E-state index in [4.69, 9.17) is 19.4 Å². The topological polar surface area (TPSA) is 95.8 Å². The summed E-state index contributed by atoms with van der Waals surface area (Å²) in [5, 5.41) is 0. The summed E-state index contributed by atoms with van der Waals surface area (Å²) in [6, 6.07) is 15.6. The van der Waals surface area contributed by atoms with Gasteiger partial charge in [0, 0.05) is 35.9 Å². The van der Waals surface area contributed by atoms with Crippen LogP contribution in [-0.2, 0) is 0 Å². The lowest BCUT2D eigenvalue weighted by atomic mass is 10.1. The molecule has 0 bridgehead atoms. The molecular weight excluding hydrogens is 596 g/mol. The van der Waals surface area contributed by atoms with Crippen LogP contribution < -0.4 is 9.47 Å². The number of aromatic nitrogens is 6. The molecule has 0 N–H and O–H groups in total. The van der Waals surface area contributed by atoms with Gasteiger partial charge in [-0.25, -0.2) is 9.97 Å². The molecule has 0 unspecified atom stereocenters. The number of rotatable bonds is 12. The first-order valence-electron chi connectivity index (χ1n) is 16.8. The van der Waals surface area contributed by atoms with E-state index < -0.39 is 0 Å². The van der Waals surface area contributed by atoms with E-state index in [0.29, 0.717) is 57.7 Å². The third-order valence-corrected chi connectivity index (χ3v) is 7.86. The first-order valence-corrected chi connectivity index (χ1v) is 16.8. The van der Waals surface area contributed by atoms with Gasteiger partial charge < -0.3 is 9.47 Å². The second kappa shape index (κ2) is 16.3. The smallest absolute Gasteiger partial charge is 0.148 e. The van der Waals surface area contributed by atoms with Crippen molar-refractivity contribution >= 4 is 33.1 Å². The Bertz CT molecular complexity index is 1970. The minimum absolute atomic E-state index is 0.438. The highest BCUT2D eigenvalue weighted by Gasteiger charge is 2.17. The van der Waals surface area contributed by atoms with Gasteiger partial charge in [-0.05, 0) is 73.2 Å². The second-order valence-electron chi connectivity index (χ2n) is 11.5. The normalized spacial score (nSPS) is 10.8. The van der Waals surface area contributed by atoms with E-state index in [1.54, 1.807) is 24.8 Å². The molecule has 0 radical (unpaired) electrons. The molecule has 3 aromatic heterocycles. The monoisotopic (exact) mass is 634 g/mol. The zero-order chi connectivity index (χ0) is 33.0. The van der Waals surface area contributed by atoms with Gasteiger partial charge in [-0.3, -0.25) is 19.9 Å². The van der Waals surface area contributed by atoms with Crippen molar-refractivity contribution in [3.05, 3.63) is 95.8 Å². The van der Waals surface area contributed by atoms with Crippen molar-refractivity contribution in [1.29, 1.82) is 0 Å². The third-order valence-electron chi connectivity index (χ3n) is 7.86. The number of benzene rings is 3. The second-order valence-corrected chi connectivity index (χ2v) is 11.5. The fourth-order valence-electron chi connectivity index (χ4n) is 5.28. The van der Waals surface area contributed by atoms with E-state index in [1.165, 1.54) is 38.5 Å². The molecule has 240 valence electrons. The Morgan fingerprint density at radius 3 is 1.19 bits per heavy atom. The van der Waals surface area contributed by atoms with Crippen molar-refractivity contribution in [1.82, 2.24) is 29.9 Å². The van der Waals surface area contributed by atoms with Crippen LogP contribution >= 0.6 is 0 Å². The van der Waals surface area contributed by atoms with Gasteiger partial charge in [0.1, 0.15) is 56.0 Å². The minimum atomic E-state index is 0.438. The molecule has 6 rings (SSSR count). The molecule has 0 aliphatic heterocycles. The number of nitrogens with zero attached hydrogens (tertiary/aromatic N) is 6. The van der Waals surface area contributed by atoms with Crippen LogP contribution in [0.2, 0.25) is 0 Å². The summed E-state index contributed by atoms with van der Waals surface area (Å²) in [5.74, 6) is 14.6. The summed E-state index contributed by atoms with van der Waals surface area (Å²) in [6.45, 7) is 5.84. The van der Waals surface area contributed by atoms with E-state index in [-0.39, 0.29) is 0 Å². The summed E-state index contributed by atoms with van der Waals surface area (Å²) < 4.78 is 11.8. The van der Waals surface area contributed by atoms with Gasteiger partial charge in [0.05, 0.1) is 13.2 Å². The first kappa shape index (κ1) is 32.3. The number of hydrogen-bond donors (Lipinski definition) is 0. The molecule has 3 heterocycles. The van der Waals surface area contributed by atoms with Crippen molar-refractivity contribution in [3.63, 3.8) is 0 Å². The van der Waals surface area contributed by atoms with Crippen molar-refractivity contribution in [2.24, 2.45) is 0 Å². The average molecular weight is 635 g/mol. The molecule has 0 fully saturated rings. The van der Waals surface area contributed by atoms with Crippen LogP contribution in [0.3, 0.4) is 0 Å². The standard InChI is InChI=1S/C40H38N6O2/c1-3-5-7-9-27-47-31-17-11-29(12-18-31)15-21-33-34(22-16-30-13-19-32(20-14-30)48-28-10-8-6-4-2)46-40-38-36(42-24-26-44-38)35-37(39(40)45-33)43-25-23-41-35/h11-14,17-20,23-26H,3-10,27-28H2,1-2H3. The molecule has 0 aliphatic carbocycles. The van der Waals surface area contributed by atoms with Crippen molar-refractivity contribution in [3.8, 4) is 35.2 Å². The van der Waals surface area contributed by atoms with Crippen molar-refractivity contribution < 1.29 is 9.47 Å². The molecule has 48 heavy (non-hydrogen) atoms. The lowest BCUT2D eigenvalue weighted by molar-refractivity contribution is 0.305. The molecule has 0 amide bonds. The maximum absolute atomic E-state index is 5.91. The van der Waals surface area contributed by atoms with Crippen LogP contribution in [-0.4, -0.2) is 43.1 Å². The van der Waals surface area contributed by atoms with Gasteiger partial charge in [0.25, 0.3) is 0 Å². The summed E-state index contributed by atoms with van der Waals surface area (Å²) in [7, 11) is 0. The van der Waals surface area contributed by atoms with Crippen LogP contribution in [0.25, 0.3) is 33.1 Å². The molecule has 6 aromatic rings. The Balaban J connectivity index is 1.34. The molecule has 0 atom stereocenters. The minimum Gasteiger partial charge on any atom is -0.494 e. The predicted molar refractivity (Wildman–Crippen MR) is 190 cm³/mol. The van der Waals surface area contributed by atoms with Gasteiger partial charge in [-0.1, -0.05) is 64.2 Å². The third kappa shape index (κ3) is 8.03. The van der Waals surface area contributed by atoms with Gasteiger partial charge in [0.2, 0.25) is 0 Å². The molecule has 3 aromatic carbocycles. The highest BCUT2D eigenvalue weighted by Crippen LogP contribution is 2.28. The Kier molecular flexibility index (Phi) is 11.0. The highest BCUT2D eigenvalue weighted by molar-refractivity contribution is 6.17. The van der Waals surface area contributed by atoms with Gasteiger partial charge >= 0.3 is 0 Å². The Labute approximate surface area is 281 Å². The molecule has 0 aliphatic rings. The number of unbranched alkanes of at least 4 members (excludes halogenated alkanes) is 6. The lowest BCUT2D eigenvalue weighted by Crippen LogP contribution is -2.01. The van der Waals surface area contributed by atoms with Gasteiger partial charge in [-0.15, -0.1) is 0 Å². The molecule has 0 spiro atoms. The fourth-order valence-corrected chi connectivity index (χ4v) is 5.28. The van der Waals surface area contributed by atoms with E-state index in [9.17, 15) is 0 Å². The van der Waals surface area contributed by atoms with E-state index in [0.717, 1.165) is 35.5 Å². The maximum Gasteiger partial charge on any atom is 0.148 e. The Morgan fingerprint density at radius 2 is 0.812 bits per heavy atom. The van der Waals surface area contributed by atoms with Crippen LogP contribution in [0, 0.1) is 23.7 Å². The molecule has 8 nitrogen and oxygen atoms in total. The quantitative estimate of drug-likeness (QED) is 0.0755. The summed E-state index contributed by atoms with van der Waals surface area (Å²) in [5.41, 5.74) is 6.02. The van der Waals surface area contributed by atoms with Crippen molar-refractivity contribution in [2.75, 3.05) is 13.2 Å². The molecule has 0 saturated carbocycles. The lowest BCUT2D eigenvalue weighted by Gasteiger charge is -2.07. The molecule has 8 heteroatoms. The Morgan fingerprint density at radius 1 is 0.438 bits per heavy atom. The SMILES string of the molecule is CCCCCCOc1ccc(C#Cc2nc3c4nccnc4c4nccnc4c3nc2C#Cc2ccc(OCCCCCC)cc2)cc1. The zero-order valence-electron chi connectivity index (χ0n) is 27.5. The van der Waals surface area contributed by atoms with E-state index in [1.807, 2.05) is 48.5 Å². The van der Waals surface area contributed by atoms with E-state index in [2.05, 4.69) is 57.5 Å². The number of hydrogen-bond acceptors (Lipinski definition) is 8. The van der Waals surface area contributed by atoms with E-state index >= 15 is 0 Å². The maximum atomic E-state index is 5.91. The van der Waals surface area contributed by atoms with Gasteiger partial charge in [-0.2, -0.15) is 0 Å². The van der Waals surface area contributed by atoms with Crippen LogP contribution in [0.1, 0.15) is 87.7 Å². The highest BCUT2D eigenvalue weighted by atomic mass is 16.5. The first-order chi connectivity index (χ1) is 23.7. The fraction of sp³-hybridized carbons (Fsp3) is 0.300. The zero-order valence-corrected chi connectivity index (χ0v) is 27.5. The summed E-state index contributed by atoms with van der Waals surface area (Å²) in [4.78, 5) is 28.2. The number of ether oxygens (including phenoxy) is 2. The van der Waals surface area contributed by atoms with Crippen LogP contribution in [0.5, 0.6) is 11.5 Å². The Hall–Kier alpha value is -5.60. The summed E-state index contributed by atoms with van der Waals surface area (Å²) >= 11 is 0. The molecular formula is C40H38N6O2. The van der Waals surface area contributed by atoms with Crippen LogP contribution in [0.15, 0.2) is 73.3 Å². The molecule has 0 saturated heterocycles. The summed E-state index contributed by atoms with van der Waals surface area (Å²) in [6.07, 6.45) is 15.9.